The van der Waals surface area contributed by atoms with E-state index in [9.17, 15) is 4.79 Å². The summed E-state index contributed by atoms with van der Waals surface area (Å²) in [5.74, 6) is 0.438. The van der Waals surface area contributed by atoms with Crippen LogP contribution >= 0.6 is 12.2 Å². The molecule has 1 aromatic rings. The Hall–Kier alpha value is -1.42. The average Bonchev–Trinajstić information content (AvgIpc) is 2.36. The number of carbonyl (C=O) groups excluding carboxylic acids is 1. The lowest BCUT2D eigenvalue weighted by Crippen LogP contribution is -2.36. The molecule has 4 heteroatoms. The number of carbonyl (C=O) groups is 1. The molecule has 0 aromatic heterocycles. The number of amides is 1. The van der Waals surface area contributed by atoms with Crippen molar-refractivity contribution < 1.29 is 4.79 Å². The van der Waals surface area contributed by atoms with Crippen molar-refractivity contribution in [2.24, 2.45) is 17.1 Å². The van der Waals surface area contributed by atoms with Crippen LogP contribution in [-0.4, -0.2) is 17.4 Å². The van der Waals surface area contributed by atoms with Gasteiger partial charge in [-0.2, -0.15) is 0 Å². The smallest absolute Gasteiger partial charge is 0.251 e. The third-order valence-corrected chi connectivity index (χ3v) is 3.93. The maximum absolute atomic E-state index is 12.0. The molecule has 0 saturated heterocycles. The molecule has 3 nitrogen and oxygen atoms in total. The molecule has 1 amide bonds. The summed E-state index contributed by atoms with van der Waals surface area (Å²) in [6, 6.07) is 7.02. The Balaban J connectivity index is 2.66. The fourth-order valence-corrected chi connectivity index (χ4v) is 1.54. The fraction of sp³-hybridized carbons (Fsp3) is 0.467. The second kappa shape index (κ2) is 6.15. The average molecular weight is 278 g/mol. The SMILES string of the molecule is CC(C)C(C)(C)CNC(=O)c1ccc(C(N)=S)cc1. The third kappa shape index (κ3) is 4.31. The van der Waals surface area contributed by atoms with Crippen LogP contribution < -0.4 is 11.1 Å². The standard InChI is InChI=1S/C15H22N2OS/c1-10(2)15(3,4)9-17-14(18)12-7-5-11(6-8-12)13(16)19/h5-8,10H,9H2,1-4H3,(H2,16,19)(H,17,18). The largest absolute Gasteiger partial charge is 0.389 e. The van der Waals surface area contributed by atoms with Gasteiger partial charge in [0.25, 0.3) is 5.91 Å². The number of hydrogen-bond acceptors (Lipinski definition) is 2. The van der Waals surface area contributed by atoms with Gasteiger partial charge in [0.2, 0.25) is 0 Å². The number of nitrogens with one attached hydrogen (secondary N) is 1. The topological polar surface area (TPSA) is 55.1 Å². The molecule has 0 heterocycles. The minimum absolute atomic E-state index is 0.0665. The van der Waals surface area contributed by atoms with Crippen molar-refractivity contribution in [2.75, 3.05) is 6.54 Å². The minimum atomic E-state index is -0.0665. The van der Waals surface area contributed by atoms with Gasteiger partial charge < -0.3 is 11.1 Å². The first-order valence-corrected chi connectivity index (χ1v) is 6.83. The first kappa shape index (κ1) is 15.6. The summed E-state index contributed by atoms with van der Waals surface area (Å²) in [6.07, 6.45) is 0. The Morgan fingerprint density at radius 3 is 2.16 bits per heavy atom. The molecule has 0 radical (unpaired) electrons. The monoisotopic (exact) mass is 278 g/mol. The molecule has 1 rings (SSSR count). The second-order valence-corrected chi connectivity index (χ2v) is 6.21. The zero-order chi connectivity index (χ0) is 14.6. The van der Waals surface area contributed by atoms with Crippen LogP contribution in [0.5, 0.6) is 0 Å². The van der Waals surface area contributed by atoms with Gasteiger partial charge in [-0.25, -0.2) is 0 Å². The van der Waals surface area contributed by atoms with Crippen molar-refractivity contribution in [1.29, 1.82) is 0 Å². The van der Waals surface area contributed by atoms with Crippen molar-refractivity contribution in [3.05, 3.63) is 35.4 Å². The summed E-state index contributed by atoms with van der Waals surface area (Å²) in [5.41, 5.74) is 6.99. The van der Waals surface area contributed by atoms with Crippen LogP contribution in [0.1, 0.15) is 43.6 Å². The van der Waals surface area contributed by atoms with E-state index in [2.05, 4.69) is 33.0 Å². The molecule has 19 heavy (non-hydrogen) atoms. The van der Waals surface area contributed by atoms with Gasteiger partial charge >= 0.3 is 0 Å². The summed E-state index contributed by atoms with van der Waals surface area (Å²) in [4.78, 5) is 12.4. The molecule has 0 aliphatic carbocycles. The predicted octanol–water partition coefficient (Wildman–Crippen LogP) is 2.73. The summed E-state index contributed by atoms with van der Waals surface area (Å²) >= 11 is 4.88. The highest BCUT2D eigenvalue weighted by Gasteiger charge is 2.23. The quantitative estimate of drug-likeness (QED) is 0.814. The van der Waals surface area contributed by atoms with Crippen molar-refractivity contribution in [3.63, 3.8) is 0 Å². The molecule has 0 aliphatic heterocycles. The number of hydrogen-bond donors (Lipinski definition) is 2. The van der Waals surface area contributed by atoms with E-state index < -0.39 is 0 Å². The number of thiocarbonyl (C=S) groups is 1. The van der Waals surface area contributed by atoms with Gasteiger partial charge in [-0.15, -0.1) is 0 Å². The zero-order valence-electron chi connectivity index (χ0n) is 12.0. The molecule has 0 spiro atoms. The Morgan fingerprint density at radius 2 is 1.74 bits per heavy atom. The van der Waals surface area contributed by atoms with Crippen LogP contribution in [0.25, 0.3) is 0 Å². The van der Waals surface area contributed by atoms with Gasteiger partial charge in [0.1, 0.15) is 4.99 Å². The van der Waals surface area contributed by atoms with Gasteiger partial charge in [-0.1, -0.05) is 52.0 Å². The van der Waals surface area contributed by atoms with Crippen LogP contribution in [0.2, 0.25) is 0 Å². The van der Waals surface area contributed by atoms with Crippen molar-refractivity contribution >= 4 is 23.1 Å². The van der Waals surface area contributed by atoms with E-state index in [1.807, 2.05) is 0 Å². The van der Waals surface area contributed by atoms with Crippen LogP contribution in [0.15, 0.2) is 24.3 Å². The van der Waals surface area contributed by atoms with Crippen molar-refractivity contribution in [3.8, 4) is 0 Å². The summed E-state index contributed by atoms with van der Waals surface area (Å²) in [6.45, 7) is 9.26. The molecular weight excluding hydrogens is 256 g/mol. The van der Waals surface area contributed by atoms with Gasteiger partial charge in [0.15, 0.2) is 0 Å². The number of nitrogens with two attached hydrogens (primary N) is 1. The molecular formula is C15H22N2OS. The van der Waals surface area contributed by atoms with Crippen LogP contribution in [0.3, 0.4) is 0 Å². The molecule has 0 saturated carbocycles. The molecule has 3 N–H and O–H groups in total. The Kier molecular flexibility index (Phi) is 5.06. The van der Waals surface area contributed by atoms with Gasteiger partial charge in [-0.05, 0) is 23.5 Å². The van der Waals surface area contributed by atoms with Gasteiger partial charge in [0, 0.05) is 17.7 Å². The van der Waals surface area contributed by atoms with Crippen molar-refractivity contribution in [1.82, 2.24) is 5.32 Å². The van der Waals surface area contributed by atoms with E-state index in [0.29, 0.717) is 23.0 Å². The highest BCUT2D eigenvalue weighted by molar-refractivity contribution is 7.80. The minimum Gasteiger partial charge on any atom is -0.389 e. The molecule has 0 unspecified atom stereocenters. The van der Waals surface area contributed by atoms with E-state index >= 15 is 0 Å². The van der Waals surface area contributed by atoms with Crippen LogP contribution in [0, 0.1) is 11.3 Å². The van der Waals surface area contributed by atoms with Crippen molar-refractivity contribution in [2.45, 2.75) is 27.7 Å². The van der Waals surface area contributed by atoms with Gasteiger partial charge in [0.05, 0.1) is 0 Å². The second-order valence-electron chi connectivity index (χ2n) is 5.77. The lowest BCUT2D eigenvalue weighted by atomic mass is 9.81. The summed E-state index contributed by atoms with van der Waals surface area (Å²) in [7, 11) is 0. The Bertz CT molecular complexity index is 464. The fourth-order valence-electron chi connectivity index (χ4n) is 1.40. The number of benzene rings is 1. The van der Waals surface area contributed by atoms with Crippen LogP contribution in [0.4, 0.5) is 0 Å². The normalized spacial score (nSPS) is 11.4. The maximum atomic E-state index is 12.0. The number of rotatable bonds is 5. The van der Waals surface area contributed by atoms with E-state index in [4.69, 9.17) is 18.0 Å². The molecule has 0 fully saturated rings. The van der Waals surface area contributed by atoms with E-state index in [0.717, 1.165) is 5.56 Å². The molecule has 1 aromatic carbocycles. The third-order valence-electron chi connectivity index (χ3n) is 3.70. The molecule has 0 bridgehead atoms. The summed E-state index contributed by atoms with van der Waals surface area (Å²) < 4.78 is 0. The lowest BCUT2D eigenvalue weighted by Gasteiger charge is -2.29. The van der Waals surface area contributed by atoms with E-state index in [1.54, 1.807) is 24.3 Å². The Morgan fingerprint density at radius 1 is 1.26 bits per heavy atom. The lowest BCUT2D eigenvalue weighted by molar-refractivity contribution is 0.0925. The first-order chi connectivity index (χ1) is 8.74. The maximum Gasteiger partial charge on any atom is 0.251 e. The molecule has 104 valence electrons. The summed E-state index contributed by atoms with van der Waals surface area (Å²) in [5, 5.41) is 2.97. The molecule has 0 atom stereocenters. The van der Waals surface area contributed by atoms with Crippen LogP contribution in [-0.2, 0) is 0 Å². The Labute approximate surface area is 120 Å². The van der Waals surface area contributed by atoms with Gasteiger partial charge in [-0.3, -0.25) is 4.79 Å². The first-order valence-electron chi connectivity index (χ1n) is 6.42. The van der Waals surface area contributed by atoms with E-state index in [1.165, 1.54) is 0 Å². The molecule has 0 aliphatic rings. The predicted molar refractivity (Wildman–Crippen MR) is 83.3 cm³/mol. The highest BCUT2D eigenvalue weighted by Crippen LogP contribution is 2.24. The highest BCUT2D eigenvalue weighted by atomic mass is 32.1. The zero-order valence-corrected chi connectivity index (χ0v) is 12.8. The van der Waals surface area contributed by atoms with E-state index in [-0.39, 0.29) is 11.3 Å².